The quantitative estimate of drug-likeness (QED) is 0.141. The van der Waals surface area contributed by atoms with Gasteiger partial charge in [-0.3, -0.25) is 4.90 Å². The molecule has 0 amide bonds. The number of anilines is 2. The van der Waals surface area contributed by atoms with Crippen molar-refractivity contribution in [3.8, 4) is 41.3 Å². The highest BCUT2D eigenvalue weighted by Crippen LogP contribution is 2.51. The van der Waals surface area contributed by atoms with Crippen LogP contribution in [0.5, 0.6) is 11.8 Å². The molecule has 0 bridgehead atoms. The number of thiophene rings is 1. The van der Waals surface area contributed by atoms with Gasteiger partial charge < -0.3 is 20.1 Å². The Balaban J connectivity index is 1.48. The lowest BCUT2D eigenvalue weighted by molar-refractivity contribution is 0.108. The van der Waals surface area contributed by atoms with Crippen molar-refractivity contribution in [2.24, 2.45) is 0 Å². The largest absolute Gasteiger partial charge is 0.488 e. The number of rotatable bonds is 6. The third-order valence-corrected chi connectivity index (χ3v) is 10.3. The van der Waals surface area contributed by atoms with Gasteiger partial charge in [-0.25, -0.2) is 17.6 Å². The Morgan fingerprint density at radius 3 is 2.85 bits per heavy atom. The molecular weight excluding hydrogens is 644 g/mol. The average molecular weight is 669 g/mol. The van der Waals surface area contributed by atoms with E-state index in [2.05, 4.69) is 27.4 Å². The second-order valence-corrected chi connectivity index (χ2v) is 13.1. The maximum atomic E-state index is 17.0. The number of ether oxygens (including phenoxy) is 2. The number of aromatic nitrogens is 2. The number of halogens is 5. The third-order valence-electron chi connectivity index (χ3n) is 8.91. The fourth-order valence-corrected chi connectivity index (χ4v) is 8.22. The number of alkyl halides is 2. The molecule has 2 saturated heterocycles. The Hall–Kier alpha value is -4.30. The molecule has 2 atom stereocenters. The van der Waals surface area contributed by atoms with E-state index in [-0.39, 0.29) is 84.0 Å². The van der Waals surface area contributed by atoms with E-state index in [1.165, 1.54) is 6.07 Å². The molecule has 0 saturated carbocycles. The molecule has 7 rings (SSSR count). The van der Waals surface area contributed by atoms with E-state index in [9.17, 15) is 18.4 Å². The summed E-state index contributed by atoms with van der Waals surface area (Å²) >= 11 is 7.71. The zero-order valence-corrected chi connectivity index (χ0v) is 25.8. The highest BCUT2D eigenvalue weighted by atomic mass is 35.5. The Labute approximate surface area is 270 Å². The van der Waals surface area contributed by atoms with E-state index in [1.54, 1.807) is 0 Å². The summed E-state index contributed by atoms with van der Waals surface area (Å²) in [4.78, 5) is 12.4. The first-order valence-electron chi connectivity index (χ1n) is 14.4. The lowest BCUT2D eigenvalue weighted by Crippen LogP contribution is -2.43. The molecule has 5 heterocycles. The molecule has 8 nitrogen and oxygen atoms in total. The molecule has 1 unspecified atom stereocenters. The predicted octanol–water partition coefficient (Wildman–Crippen LogP) is 6.54. The minimum absolute atomic E-state index is 0.0373. The van der Waals surface area contributed by atoms with Crippen molar-refractivity contribution in [1.29, 1.82) is 5.26 Å². The molecule has 3 aliphatic heterocycles. The van der Waals surface area contributed by atoms with Gasteiger partial charge >= 0.3 is 6.01 Å². The molecule has 46 heavy (non-hydrogen) atoms. The van der Waals surface area contributed by atoms with Crippen LogP contribution in [0, 0.1) is 35.3 Å². The van der Waals surface area contributed by atoms with E-state index in [0.717, 1.165) is 53.8 Å². The van der Waals surface area contributed by atoms with Gasteiger partial charge in [0.2, 0.25) is 0 Å². The number of nitrogen functional groups attached to an aromatic ring is 1. The van der Waals surface area contributed by atoms with Crippen LogP contribution in [0.2, 0.25) is 5.02 Å². The van der Waals surface area contributed by atoms with E-state index in [0.29, 0.717) is 6.42 Å². The Kier molecular flexibility index (Phi) is 7.39. The van der Waals surface area contributed by atoms with Crippen molar-refractivity contribution >= 4 is 54.7 Å². The van der Waals surface area contributed by atoms with Crippen LogP contribution in [0.3, 0.4) is 0 Å². The van der Waals surface area contributed by atoms with Crippen molar-refractivity contribution in [2.45, 2.75) is 37.3 Å². The number of hydrogen-bond donors (Lipinski definition) is 1. The van der Waals surface area contributed by atoms with E-state index in [4.69, 9.17) is 33.2 Å². The SMILES string of the molecule is C#CC1COc2c(Cl)c(-c3ccc(F)c4sc(N)c(C#N)c34)c(F)c3nc(OC[C@@]45CCCN4CC(=C)C5)nc(c23)N1CC(F)F. The highest BCUT2D eigenvalue weighted by Gasteiger charge is 2.47. The molecule has 2 aromatic carbocycles. The molecule has 14 heteroatoms. The fourth-order valence-electron chi connectivity index (χ4n) is 6.93. The van der Waals surface area contributed by atoms with Gasteiger partial charge in [0.15, 0.2) is 11.6 Å². The molecule has 0 radical (unpaired) electrons. The summed E-state index contributed by atoms with van der Waals surface area (Å²) in [5.74, 6) is 0.604. The molecule has 236 valence electrons. The van der Waals surface area contributed by atoms with Crippen molar-refractivity contribution in [2.75, 3.05) is 43.5 Å². The number of fused-ring (bicyclic) bond motifs is 2. The standard InChI is InChI=1S/C32H25ClF4N6O2S/c1-3-16-13-44-27-23-26(25(37)22(24(27)33)17-5-6-19(34)28-21(17)18(10-38)29(39)46-28)40-31(41-30(23)43(16)12-20(35)36)45-14-32-7-4-8-42(32)11-15(2)9-32/h1,5-6,16,20H,2,4,7-9,11-14,39H2/t16?,32-/m0/s1. The lowest BCUT2D eigenvalue weighted by atomic mass is 9.94. The number of hydrogen-bond acceptors (Lipinski definition) is 9. The first-order chi connectivity index (χ1) is 22.1. The first-order valence-corrected chi connectivity index (χ1v) is 15.6. The van der Waals surface area contributed by atoms with Gasteiger partial charge in [-0.15, -0.1) is 17.8 Å². The van der Waals surface area contributed by atoms with Crippen LogP contribution in [0.4, 0.5) is 28.4 Å². The third kappa shape index (κ3) is 4.60. The summed E-state index contributed by atoms with van der Waals surface area (Å²) in [7, 11) is 0. The van der Waals surface area contributed by atoms with Gasteiger partial charge in [0.1, 0.15) is 47.5 Å². The monoisotopic (exact) mass is 668 g/mol. The van der Waals surface area contributed by atoms with Gasteiger partial charge in [0.25, 0.3) is 6.43 Å². The second kappa shape index (κ2) is 11.2. The molecule has 2 aromatic heterocycles. The number of nitrogens with zero attached hydrogens (tertiary/aromatic N) is 5. The molecule has 0 spiro atoms. The Morgan fingerprint density at radius 1 is 1.30 bits per heavy atom. The van der Waals surface area contributed by atoms with Crippen molar-refractivity contribution in [3.63, 3.8) is 0 Å². The predicted molar refractivity (Wildman–Crippen MR) is 169 cm³/mol. The van der Waals surface area contributed by atoms with Crippen LogP contribution < -0.4 is 20.1 Å². The van der Waals surface area contributed by atoms with Crippen LogP contribution in [0.25, 0.3) is 32.1 Å². The summed E-state index contributed by atoms with van der Waals surface area (Å²) in [5.41, 5.74) is 6.22. The first kappa shape index (κ1) is 30.4. The molecule has 0 aliphatic carbocycles. The van der Waals surface area contributed by atoms with E-state index < -0.39 is 30.6 Å². The smallest absolute Gasteiger partial charge is 0.319 e. The minimum Gasteiger partial charge on any atom is -0.488 e. The van der Waals surface area contributed by atoms with Crippen LogP contribution in [-0.4, -0.2) is 65.7 Å². The van der Waals surface area contributed by atoms with Crippen LogP contribution >= 0.6 is 22.9 Å². The fraction of sp³-hybridized carbons (Fsp3) is 0.344. The van der Waals surface area contributed by atoms with E-state index in [1.807, 2.05) is 6.07 Å². The summed E-state index contributed by atoms with van der Waals surface area (Å²) < 4.78 is 72.0. The van der Waals surface area contributed by atoms with Crippen LogP contribution in [0.15, 0.2) is 24.3 Å². The molecule has 2 N–H and O–H groups in total. The number of terminal acetylenes is 1. The molecule has 4 aromatic rings. The zero-order valence-electron chi connectivity index (χ0n) is 24.2. The second-order valence-electron chi connectivity index (χ2n) is 11.6. The van der Waals surface area contributed by atoms with Crippen molar-refractivity contribution in [3.05, 3.63) is 46.5 Å². The summed E-state index contributed by atoms with van der Waals surface area (Å²) in [6, 6.07) is 3.09. The average Bonchev–Trinajstić information content (AvgIpc) is 3.63. The minimum atomic E-state index is -2.83. The van der Waals surface area contributed by atoms with Gasteiger partial charge in [0, 0.05) is 17.5 Å². The topological polar surface area (TPSA) is 101 Å². The van der Waals surface area contributed by atoms with Gasteiger partial charge in [-0.2, -0.15) is 15.2 Å². The number of nitrogens with two attached hydrogens (primary N) is 1. The summed E-state index contributed by atoms with van der Waals surface area (Å²) in [6.07, 6.45) is 5.46. The Bertz CT molecular complexity index is 2040. The zero-order chi connectivity index (χ0) is 32.5. The summed E-state index contributed by atoms with van der Waals surface area (Å²) in [5, 5.41) is 9.64. The normalized spacial score (nSPS) is 21.0. The molecule has 3 aliphatic rings. The van der Waals surface area contributed by atoms with Gasteiger partial charge in [0.05, 0.1) is 32.8 Å². The summed E-state index contributed by atoms with van der Waals surface area (Å²) in [6.45, 7) is 4.79. The van der Waals surface area contributed by atoms with Crippen molar-refractivity contribution < 1.29 is 27.0 Å². The van der Waals surface area contributed by atoms with E-state index >= 15 is 4.39 Å². The van der Waals surface area contributed by atoms with Crippen LogP contribution in [-0.2, 0) is 0 Å². The number of nitriles is 1. The maximum absolute atomic E-state index is 17.0. The lowest BCUT2D eigenvalue weighted by Gasteiger charge is -2.31. The number of benzene rings is 2. The van der Waals surface area contributed by atoms with Crippen LogP contribution in [0.1, 0.15) is 24.8 Å². The molecular formula is C32H25ClF4N6O2S. The maximum Gasteiger partial charge on any atom is 0.319 e. The highest BCUT2D eigenvalue weighted by molar-refractivity contribution is 7.23. The van der Waals surface area contributed by atoms with Crippen molar-refractivity contribution in [1.82, 2.24) is 14.9 Å². The Morgan fingerprint density at radius 2 is 2.11 bits per heavy atom. The van der Waals surface area contributed by atoms with Gasteiger partial charge in [-0.1, -0.05) is 35.7 Å². The van der Waals surface area contributed by atoms with Gasteiger partial charge in [-0.05, 0) is 37.4 Å². The molecule has 2 fully saturated rings.